The van der Waals surface area contributed by atoms with E-state index < -0.39 is 0 Å². The molecule has 0 bridgehead atoms. The number of anilines is 2. The molecule has 2 aromatic carbocycles. The van der Waals surface area contributed by atoms with Crippen molar-refractivity contribution < 1.29 is 14.3 Å². The van der Waals surface area contributed by atoms with Crippen molar-refractivity contribution in [3.05, 3.63) is 65.3 Å². The summed E-state index contributed by atoms with van der Waals surface area (Å²) in [7, 11) is 2.07. The summed E-state index contributed by atoms with van der Waals surface area (Å²) in [6.07, 6.45) is 2.22. The maximum atomic E-state index is 12.5. The van der Waals surface area contributed by atoms with E-state index in [1.807, 2.05) is 12.1 Å². The smallest absolute Gasteiger partial charge is 0.318 e. The highest BCUT2D eigenvalue weighted by Gasteiger charge is 2.33. The number of nitrogens with zero attached hydrogens (tertiary/aromatic N) is 7. The molecule has 3 aromatic rings. The van der Waals surface area contributed by atoms with E-state index in [-0.39, 0.29) is 24.5 Å². The molecule has 3 aliphatic rings. The molecule has 2 atom stereocenters. The lowest BCUT2D eigenvalue weighted by molar-refractivity contribution is -0.128. The predicted octanol–water partition coefficient (Wildman–Crippen LogP) is 3.67. The minimum absolute atomic E-state index is 0.0652. The van der Waals surface area contributed by atoms with Crippen LogP contribution < -0.4 is 14.5 Å². The highest BCUT2D eigenvalue weighted by Crippen LogP contribution is 2.37. The Morgan fingerprint density at radius 1 is 1.16 bits per heavy atom. The molecule has 0 aliphatic carbocycles. The van der Waals surface area contributed by atoms with Crippen molar-refractivity contribution in [1.29, 1.82) is 5.26 Å². The summed E-state index contributed by atoms with van der Waals surface area (Å²) in [5, 5.41) is 12.4. The van der Waals surface area contributed by atoms with Crippen molar-refractivity contribution in [1.82, 2.24) is 19.8 Å². The molecule has 2 saturated heterocycles. The number of aromatic nitrogens is 2. The number of carbonyl (C=O) groups excluding carboxylic acids is 1. The molecule has 0 N–H and O–H groups in total. The van der Waals surface area contributed by atoms with E-state index in [9.17, 15) is 10.1 Å². The van der Waals surface area contributed by atoms with E-state index in [2.05, 4.69) is 58.7 Å². The third-order valence-corrected chi connectivity index (χ3v) is 8.82. The molecule has 0 saturated carbocycles. The van der Waals surface area contributed by atoms with Gasteiger partial charge < -0.3 is 29.1 Å². The number of ether oxygens (including phenoxy) is 2. The lowest BCUT2D eigenvalue weighted by Crippen LogP contribution is -2.55. The highest BCUT2D eigenvalue weighted by atomic mass is 35.5. The number of morpholine rings is 1. The second kappa shape index (κ2) is 12.8. The molecule has 4 heterocycles. The number of hydrogen-bond acceptors (Lipinski definition) is 9. The minimum Gasteiger partial charge on any atom is -0.461 e. The normalized spacial score (nSPS) is 20.9. The Kier molecular flexibility index (Phi) is 8.66. The molecule has 224 valence electrons. The van der Waals surface area contributed by atoms with E-state index in [4.69, 9.17) is 31.0 Å². The van der Waals surface area contributed by atoms with Gasteiger partial charge in [0.2, 0.25) is 5.91 Å². The zero-order valence-electron chi connectivity index (χ0n) is 24.4. The van der Waals surface area contributed by atoms with Gasteiger partial charge in [0.1, 0.15) is 18.5 Å². The summed E-state index contributed by atoms with van der Waals surface area (Å²) in [5.41, 5.74) is 3.04. The Balaban J connectivity index is 1.33. The Hall–Kier alpha value is -3.91. The van der Waals surface area contributed by atoms with E-state index in [1.165, 1.54) is 6.08 Å². The largest absolute Gasteiger partial charge is 0.461 e. The number of fused-ring (bicyclic) bond motifs is 2. The topological polar surface area (TPSA) is 98.1 Å². The number of likely N-dealkylation sites (N-methyl/N-ethyl adjacent to an activating group) is 1. The van der Waals surface area contributed by atoms with Crippen molar-refractivity contribution in [3.8, 4) is 12.1 Å². The fourth-order valence-electron chi connectivity index (χ4n) is 6.33. The fourth-order valence-corrected chi connectivity index (χ4v) is 6.61. The Morgan fingerprint density at radius 3 is 2.79 bits per heavy atom. The van der Waals surface area contributed by atoms with E-state index >= 15 is 0 Å². The maximum Gasteiger partial charge on any atom is 0.318 e. The van der Waals surface area contributed by atoms with Crippen molar-refractivity contribution in [2.45, 2.75) is 31.5 Å². The van der Waals surface area contributed by atoms with Crippen LogP contribution in [0.5, 0.6) is 6.01 Å². The third kappa shape index (κ3) is 6.11. The van der Waals surface area contributed by atoms with Gasteiger partial charge in [-0.05, 0) is 37.1 Å². The van der Waals surface area contributed by atoms with Gasteiger partial charge in [-0.25, -0.2) is 0 Å². The van der Waals surface area contributed by atoms with Crippen LogP contribution in [0.15, 0.2) is 49.1 Å². The quantitative estimate of drug-likeness (QED) is 0.376. The minimum atomic E-state index is -0.261. The average molecular weight is 602 g/mol. The van der Waals surface area contributed by atoms with Crippen LogP contribution in [0.2, 0.25) is 5.02 Å². The van der Waals surface area contributed by atoms with E-state index in [0.717, 1.165) is 64.6 Å². The number of hydrogen-bond donors (Lipinski definition) is 0. The van der Waals surface area contributed by atoms with Crippen molar-refractivity contribution in [2.24, 2.45) is 0 Å². The standard InChI is InChI=1S/C32H36ClN7O3/c1-3-29(41)40-15-14-39(18-23(40)10-12-34)31-25-11-13-38(28-9-5-7-22-6-4-8-26(33)30(22)28)20-27(25)35-32(36-31)43-21-24-19-37(2)16-17-42-24/h3-9,23-24H,1,10-11,13-21H2,2H3/t23-,24?/m0/s1. The molecule has 10 nitrogen and oxygen atoms in total. The zero-order chi connectivity index (χ0) is 29.9. The Morgan fingerprint density at radius 2 is 2.00 bits per heavy atom. The summed E-state index contributed by atoms with van der Waals surface area (Å²) in [4.78, 5) is 30.9. The Labute approximate surface area is 257 Å². The van der Waals surface area contributed by atoms with Crippen molar-refractivity contribution in [2.75, 3.05) is 69.3 Å². The van der Waals surface area contributed by atoms with Crippen LogP contribution in [0, 0.1) is 11.3 Å². The molecule has 2 fully saturated rings. The van der Waals surface area contributed by atoms with Crippen molar-refractivity contribution in [3.63, 3.8) is 0 Å². The molecular formula is C32H36ClN7O3. The van der Waals surface area contributed by atoms with E-state index in [1.54, 1.807) is 4.90 Å². The number of amides is 1. The average Bonchev–Trinajstić information content (AvgIpc) is 3.03. The summed E-state index contributed by atoms with van der Waals surface area (Å²) in [6.45, 7) is 9.25. The SMILES string of the molecule is C=CC(=O)N1CCN(c2nc(OCC3CN(C)CCO3)nc3c2CCN(c2cccc4cccc(Cl)c24)C3)C[C@@H]1CC#N. The van der Waals surface area contributed by atoms with Crippen LogP contribution in [-0.2, 0) is 22.5 Å². The molecule has 3 aliphatic heterocycles. The number of rotatable bonds is 7. The van der Waals surface area contributed by atoms with Crippen LogP contribution in [0.1, 0.15) is 17.7 Å². The maximum absolute atomic E-state index is 12.5. The molecule has 0 spiro atoms. The van der Waals surface area contributed by atoms with Gasteiger partial charge in [0, 0.05) is 55.9 Å². The molecule has 1 amide bonds. The summed E-state index contributed by atoms with van der Waals surface area (Å²) >= 11 is 6.69. The molecule has 43 heavy (non-hydrogen) atoms. The summed E-state index contributed by atoms with van der Waals surface area (Å²) in [6, 6.07) is 14.5. The van der Waals surface area contributed by atoms with E-state index in [0.29, 0.717) is 45.4 Å². The van der Waals surface area contributed by atoms with Gasteiger partial charge in [0.25, 0.3) is 0 Å². The van der Waals surface area contributed by atoms with Crippen LogP contribution >= 0.6 is 11.6 Å². The van der Waals surface area contributed by atoms with Gasteiger partial charge in [0.05, 0.1) is 42.4 Å². The van der Waals surface area contributed by atoms with Gasteiger partial charge in [0.15, 0.2) is 0 Å². The van der Waals surface area contributed by atoms with Gasteiger partial charge in [-0.3, -0.25) is 4.79 Å². The second-order valence-electron chi connectivity index (χ2n) is 11.3. The monoisotopic (exact) mass is 601 g/mol. The first-order valence-corrected chi connectivity index (χ1v) is 15.1. The molecule has 1 aromatic heterocycles. The molecule has 0 radical (unpaired) electrons. The molecular weight excluding hydrogens is 566 g/mol. The second-order valence-corrected chi connectivity index (χ2v) is 11.7. The van der Waals surface area contributed by atoms with Crippen LogP contribution in [-0.4, -0.2) is 97.4 Å². The lowest BCUT2D eigenvalue weighted by Gasteiger charge is -2.42. The number of carbonyl (C=O) groups is 1. The predicted molar refractivity (Wildman–Crippen MR) is 167 cm³/mol. The molecule has 1 unspecified atom stereocenters. The Bertz CT molecular complexity index is 1550. The highest BCUT2D eigenvalue weighted by molar-refractivity contribution is 6.36. The number of nitriles is 1. The lowest BCUT2D eigenvalue weighted by atomic mass is 10.0. The molecule has 11 heteroatoms. The van der Waals surface area contributed by atoms with Gasteiger partial charge in [-0.1, -0.05) is 42.4 Å². The van der Waals surface area contributed by atoms with Gasteiger partial charge in [-0.15, -0.1) is 0 Å². The van der Waals surface area contributed by atoms with Crippen molar-refractivity contribution >= 4 is 39.8 Å². The summed E-state index contributed by atoms with van der Waals surface area (Å²) < 4.78 is 12.1. The fraction of sp³-hybridized carbons (Fsp3) is 0.438. The first kappa shape index (κ1) is 29.2. The first-order valence-electron chi connectivity index (χ1n) is 14.7. The number of halogens is 1. The zero-order valence-corrected chi connectivity index (χ0v) is 25.2. The van der Waals surface area contributed by atoms with Crippen LogP contribution in [0.3, 0.4) is 0 Å². The first-order chi connectivity index (χ1) is 20.9. The van der Waals surface area contributed by atoms with Gasteiger partial charge >= 0.3 is 6.01 Å². The molecule has 6 rings (SSSR count). The van der Waals surface area contributed by atoms with Crippen LogP contribution in [0.25, 0.3) is 10.8 Å². The third-order valence-electron chi connectivity index (χ3n) is 8.50. The van der Waals surface area contributed by atoms with Crippen LogP contribution in [0.4, 0.5) is 11.5 Å². The summed E-state index contributed by atoms with van der Waals surface area (Å²) in [5.74, 6) is 0.654. The number of benzene rings is 2. The van der Waals surface area contributed by atoms with Gasteiger partial charge in [-0.2, -0.15) is 15.2 Å². The number of piperazine rings is 1.